The fourth-order valence-electron chi connectivity index (χ4n) is 1.49. The molecule has 0 spiro atoms. The van der Waals surface area contributed by atoms with Crippen LogP contribution in [0.25, 0.3) is 0 Å². The van der Waals surface area contributed by atoms with E-state index in [0.717, 1.165) is 13.1 Å². The third-order valence-corrected chi connectivity index (χ3v) is 1.99. The van der Waals surface area contributed by atoms with Crippen molar-refractivity contribution in [1.82, 2.24) is 4.90 Å². The van der Waals surface area contributed by atoms with Gasteiger partial charge in [-0.3, -0.25) is 9.59 Å². The van der Waals surface area contributed by atoms with Crippen LogP contribution in [-0.4, -0.2) is 29.7 Å². The van der Waals surface area contributed by atoms with E-state index < -0.39 is 0 Å². The lowest BCUT2D eigenvalue weighted by Crippen LogP contribution is -2.55. The molecule has 0 radical (unpaired) electrons. The van der Waals surface area contributed by atoms with Crippen LogP contribution in [0.5, 0.6) is 0 Å². The first kappa shape index (κ1) is 9.23. The van der Waals surface area contributed by atoms with E-state index in [-0.39, 0.29) is 23.5 Å². The number of likely N-dealkylation sites (tertiary alicyclic amines) is 1. The molecule has 0 saturated carbocycles. The van der Waals surface area contributed by atoms with Crippen molar-refractivity contribution in [2.75, 3.05) is 13.1 Å². The minimum Gasteiger partial charge on any atom is -0.341 e. The summed E-state index contributed by atoms with van der Waals surface area (Å²) < 4.78 is 0. The van der Waals surface area contributed by atoms with Crippen molar-refractivity contribution in [3.05, 3.63) is 0 Å². The smallest absolute Gasteiger partial charge is 0.230 e. The van der Waals surface area contributed by atoms with Gasteiger partial charge in [0, 0.05) is 13.1 Å². The van der Waals surface area contributed by atoms with Gasteiger partial charge < -0.3 is 4.90 Å². The Balaban J connectivity index is 2.33. The van der Waals surface area contributed by atoms with Gasteiger partial charge in [-0.25, -0.2) is 0 Å². The second kappa shape index (κ2) is 2.88. The summed E-state index contributed by atoms with van der Waals surface area (Å²) >= 11 is 0. The Labute approximate surface area is 72.7 Å². The van der Waals surface area contributed by atoms with E-state index in [1.54, 1.807) is 4.90 Å². The van der Waals surface area contributed by atoms with E-state index >= 15 is 0 Å². The number of amides is 1. The van der Waals surface area contributed by atoms with E-state index in [0.29, 0.717) is 0 Å². The highest BCUT2D eigenvalue weighted by atomic mass is 16.2. The molecule has 3 heteroatoms. The van der Waals surface area contributed by atoms with E-state index in [4.69, 9.17) is 0 Å². The van der Waals surface area contributed by atoms with Gasteiger partial charge in [-0.2, -0.15) is 0 Å². The van der Waals surface area contributed by atoms with E-state index in [1.807, 2.05) is 0 Å². The average molecular weight is 169 g/mol. The third-order valence-electron chi connectivity index (χ3n) is 1.99. The summed E-state index contributed by atoms with van der Waals surface area (Å²) in [5.74, 6) is -0.0773. The van der Waals surface area contributed by atoms with Crippen LogP contribution in [0.3, 0.4) is 0 Å². The van der Waals surface area contributed by atoms with Crippen LogP contribution >= 0.6 is 0 Å². The lowest BCUT2D eigenvalue weighted by atomic mass is 9.84. The maximum absolute atomic E-state index is 11.2. The van der Waals surface area contributed by atoms with Crippen LogP contribution in [0, 0.1) is 5.41 Å². The molecule has 1 fully saturated rings. The van der Waals surface area contributed by atoms with E-state index in [9.17, 15) is 9.59 Å². The Kier molecular flexibility index (Phi) is 2.22. The second-order valence-electron chi connectivity index (χ2n) is 4.29. The zero-order valence-corrected chi connectivity index (χ0v) is 7.89. The Bertz CT molecular complexity index is 213. The first-order valence-electron chi connectivity index (χ1n) is 4.18. The molecular weight excluding hydrogens is 154 g/mol. The van der Waals surface area contributed by atoms with Crippen molar-refractivity contribution < 1.29 is 9.59 Å². The Hall–Kier alpha value is -0.860. The largest absolute Gasteiger partial charge is 0.341 e. The van der Waals surface area contributed by atoms with Crippen LogP contribution in [0.4, 0.5) is 0 Å². The summed E-state index contributed by atoms with van der Waals surface area (Å²) in [7, 11) is 0. The minimum absolute atomic E-state index is 0.0261. The zero-order valence-electron chi connectivity index (χ0n) is 7.89. The van der Waals surface area contributed by atoms with Crippen molar-refractivity contribution in [1.29, 1.82) is 0 Å². The highest BCUT2D eigenvalue weighted by Crippen LogP contribution is 2.28. The van der Waals surface area contributed by atoms with Crippen LogP contribution in [0.1, 0.15) is 27.2 Å². The number of carbonyl (C=O) groups excluding carboxylic acids is 2. The van der Waals surface area contributed by atoms with Crippen molar-refractivity contribution in [2.24, 2.45) is 5.41 Å². The number of hydrogen-bond acceptors (Lipinski definition) is 2. The Morgan fingerprint density at radius 1 is 1.33 bits per heavy atom. The summed E-state index contributed by atoms with van der Waals surface area (Å²) in [6.07, 6.45) is 0.0656. The van der Waals surface area contributed by atoms with Crippen LogP contribution in [0.15, 0.2) is 0 Å². The van der Waals surface area contributed by atoms with Gasteiger partial charge in [0.25, 0.3) is 0 Å². The molecule has 12 heavy (non-hydrogen) atoms. The van der Waals surface area contributed by atoms with Crippen molar-refractivity contribution in [2.45, 2.75) is 27.2 Å². The van der Waals surface area contributed by atoms with Gasteiger partial charge in [0.2, 0.25) is 5.91 Å². The maximum atomic E-state index is 11.2. The molecule has 0 aromatic carbocycles. The molecule has 68 valence electrons. The van der Waals surface area contributed by atoms with Gasteiger partial charge in [-0.05, 0) is 12.3 Å². The number of Topliss-reactive ketones (excluding diaryl/α,β-unsaturated/α-hetero) is 1. The number of rotatable bonds is 2. The molecule has 1 aliphatic heterocycles. The molecule has 0 atom stereocenters. The summed E-state index contributed by atoms with van der Waals surface area (Å²) in [5.41, 5.74) is 0.256. The summed E-state index contributed by atoms with van der Waals surface area (Å²) in [6, 6.07) is 0. The number of hydrogen-bond donors (Lipinski definition) is 0. The quantitative estimate of drug-likeness (QED) is 0.574. The van der Waals surface area contributed by atoms with Crippen molar-refractivity contribution >= 4 is 11.7 Å². The summed E-state index contributed by atoms with van der Waals surface area (Å²) in [4.78, 5) is 23.6. The normalized spacial score (nSPS) is 20.1. The van der Waals surface area contributed by atoms with Gasteiger partial charge in [-0.15, -0.1) is 0 Å². The molecule has 0 unspecified atom stereocenters. The van der Waals surface area contributed by atoms with Crippen LogP contribution in [-0.2, 0) is 9.59 Å². The van der Waals surface area contributed by atoms with Crippen molar-refractivity contribution in [3.8, 4) is 0 Å². The number of nitrogens with zero attached hydrogens (tertiary/aromatic N) is 1. The van der Waals surface area contributed by atoms with Gasteiger partial charge in [0.05, 0.1) is 6.42 Å². The number of ketones is 1. The molecule has 1 heterocycles. The topological polar surface area (TPSA) is 37.4 Å². The molecule has 1 rings (SSSR count). The molecular formula is C9H15NO2. The monoisotopic (exact) mass is 169 g/mol. The fourth-order valence-corrected chi connectivity index (χ4v) is 1.49. The molecule has 0 aliphatic carbocycles. The highest BCUT2D eigenvalue weighted by molar-refractivity contribution is 5.97. The van der Waals surface area contributed by atoms with Gasteiger partial charge in [-0.1, -0.05) is 13.8 Å². The first-order chi connectivity index (χ1) is 5.41. The Morgan fingerprint density at radius 3 is 2.17 bits per heavy atom. The summed E-state index contributed by atoms with van der Waals surface area (Å²) in [6.45, 7) is 7.26. The Morgan fingerprint density at radius 2 is 1.83 bits per heavy atom. The molecule has 0 N–H and O–H groups in total. The lowest BCUT2D eigenvalue weighted by molar-refractivity contribution is -0.143. The molecule has 0 bridgehead atoms. The number of carbonyl (C=O) groups is 2. The predicted octanol–water partition coefficient (Wildman–Crippen LogP) is 0.834. The van der Waals surface area contributed by atoms with Gasteiger partial charge in [0.15, 0.2) is 0 Å². The molecule has 0 aromatic rings. The average Bonchev–Trinajstić information content (AvgIpc) is 1.80. The molecule has 0 aromatic heterocycles. The standard InChI is InChI=1S/C9H15NO2/c1-7(11)4-8(12)10-5-9(2,3)6-10/h4-6H2,1-3H3. The predicted molar refractivity (Wildman–Crippen MR) is 45.7 cm³/mol. The molecule has 3 nitrogen and oxygen atoms in total. The van der Waals surface area contributed by atoms with Crippen LogP contribution < -0.4 is 0 Å². The maximum Gasteiger partial charge on any atom is 0.230 e. The second-order valence-corrected chi connectivity index (χ2v) is 4.29. The fraction of sp³-hybridized carbons (Fsp3) is 0.778. The lowest BCUT2D eigenvalue weighted by Gasteiger charge is -2.45. The zero-order chi connectivity index (χ0) is 9.35. The minimum atomic E-state index is -0.0512. The van der Waals surface area contributed by atoms with E-state index in [2.05, 4.69) is 13.8 Å². The molecule has 1 amide bonds. The first-order valence-corrected chi connectivity index (χ1v) is 4.18. The van der Waals surface area contributed by atoms with Gasteiger partial charge in [0.1, 0.15) is 5.78 Å². The molecule has 1 saturated heterocycles. The molecule has 1 aliphatic rings. The van der Waals surface area contributed by atoms with Crippen molar-refractivity contribution in [3.63, 3.8) is 0 Å². The summed E-state index contributed by atoms with van der Waals surface area (Å²) in [5, 5.41) is 0. The SMILES string of the molecule is CC(=O)CC(=O)N1CC(C)(C)C1. The van der Waals surface area contributed by atoms with Crippen LogP contribution in [0.2, 0.25) is 0 Å². The third kappa shape index (κ3) is 2.06. The highest BCUT2D eigenvalue weighted by Gasteiger charge is 2.36. The van der Waals surface area contributed by atoms with E-state index in [1.165, 1.54) is 6.92 Å². The van der Waals surface area contributed by atoms with Gasteiger partial charge >= 0.3 is 0 Å².